The number of nitrogens with zero attached hydrogens (tertiary/aromatic N) is 3. The van der Waals surface area contributed by atoms with E-state index in [1.54, 1.807) is 11.9 Å². The Balaban J connectivity index is 0.00000363. The van der Waals surface area contributed by atoms with Crippen molar-refractivity contribution in [3.05, 3.63) is 35.4 Å². The molecule has 2 fully saturated rings. The summed E-state index contributed by atoms with van der Waals surface area (Å²) in [6.07, 6.45) is 4.41. The fraction of sp³-hybridized carbons (Fsp3) is 0.667. The molecule has 1 aliphatic heterocycles. The Hall–Kier alpha value is -1.39. The first kappa shape index (κ1) is 26.9. The molecule has 1 saturated carbocycles. The third-order valence-corrected chi connectivity index (χ3v) is 6.42. The molecule has 1 aliphatic carbocycles. The molecule has 0 radical (unpaired) electrons. The number of carbonyl (C=O) groups excluding carboxylic acids is 1. The number of aliphatic imine (C=N–C) groups is 1. The van der Waals surface area contributed by atoms with Gasteiger partial charge in [0.25, 0.3) is 0 Å². The van der Waals surface area contributed by atoms with Gasteiger partial charge in [-0.15, -0.1) is 24.0 Å². The Kier molecular flexibility index (Phi) is 10.7. The highest BCUT2D eigenvalue weighted by atomic mass is 127. The number of halogens is 1. The quantitative estimate of drug-likeness (QED) is 0.307. The third-order valence-electron chi connectivity index (χ3n) is 6.42. The molecule has 0 aromatic heterocycles. The summed E-state index contributed by atoms with van der Waals surface area (Å²) < 4.78 is 5.65. The zero-order chi connectivity index (χ0) is 22.3. The topological polar surface area (TPSA) is 69.2 Å². The Bertz CT molecular complexity index is 765. The van der Waals surface area contributed by atoms with Gasteiger partial charge >= 0.3 is 0 Å². The molecule has 1 unspecified atom stereocenters. The van der Waals surface area contributed by atoms with E-state index in [1.807, 2.05) is 14.1 Å². The second kappa shape index (κ2) is 12.7. The number of guanidine groups is 1. The zero-order valence-electron chi connectivity index (χ0n) is 20.0. The molecular formula is C24H40IN5O2. The maximum Gasteiger partial charge on any atom is 0.230 e. The van der Waals surface area contributed by atoms with Crippen LogP contribution in [0, 0.1) is 5.41 Å². The Morgan fingerprint density at radius 3 is 2.62 bits per heavy atom. The largest absolute Gasteiger partial charge is 0.376 e. The van der Waals surface area contributed by atoms with Crippen molar-refractivity contribution in [3.63, 3.8) is 0 Å². The predicted molar refractivity (Wildman–Crippen MR) is 140 cm³/mol. The number of carbonyl (C=O) groups is 1. The van der Waals surface area contributed by atoms with Crippen LogP contribution in [0.2, 0.25) is 0 Å². The summed E-state index contributed by atoms with van der Waals surface area (Å²) in [6.45, 7) is 7.17. The standard InChI is InChI=1S/C24H39N5O2.HI/c1-19-16-29(12-13-31-19)17-21-9-7-8-20(14-21)15-26-23(25-2)27-18-24(10-5-6-11-24)22(30)28(3)4;/h7-9,14,19H,5-6,10-13,15-18H2,1-4H3,(H2,25,26,27);1H. The van der Waals surface area contributed by atoms with Crippen LogP contribution < -0.4 is 10.6 Å². The van der Waals surface area contributed by atoms with Gasteiger partial charge in [-0.05, 0) is 30.9 Å². The number of rotatable bonds is 7. The second-order valence-corrected chi connectivity index (χ2v) is 9.20. The molecule has 1 heterocycles. The second-order valence-electron chi connectivity index (χ2n) is 9.20. The van der Waals surface area contributed by atoms with Crippen molar-refractivity contribution in [2.45, 2.75) is 51.8 Å². The van der Waals surface area contributed by atoms with E-state index in [0.717, 1.165) is 57.9 Å². The van der Waals surface area contributed by atoms with E-state index in [-0.39, 0.29) is 35.3 Å². The maximum absolute atomic E-state index is 12.8. The van der Waals surface area contributed by atoms with Gasteiger partial charge in [-0.25, -0.2) is 0 Å². The van der Waals surface area contributed by atoms with Gasteiger partial charge < -0.3 is 20.3 Å². The minimum absolute atomic E-state index is 0. The van der Waals surface area contributed by atoms with Crippen molar-refractivity contribution in [1.29, 1.82) is 0 Å². The summed E-state index contributed by atoms with van der Waals surface area (Å²) in [7, 11) is 5.47. The molecule has 8 heteroatoms. The van der Waals surface area contributed by atoms with Crippen molar-refractivity contribution >= 4 is 35.8 Å². The highest BCUT2D eigenvalue weighted by Crippen LogP contribution is 2.38. The predicted octanol–water partition coefficient (Wildman–Crippen LogP) is 2.84. The molecule has 0 bridgehead atoms. The van der Waals surface area contributed by atoms with E-state index >= 15 is 0 Å². The number of morpholine rings is 1. The third kappa shape index (κ3) is 7.31. The molecule has 3 rings (SSSR count). The first-order valence-electron chi connectivity index (χ1n) is 11.5. The highest BCUT2D eigenvalue weighted by Gasteiger charge is 2.42. The molecular weight excluding hydrogens is 517 g/mol. The van der Waals surface area contributed by atoms with Crippen LogP contribution in [0.5, 0.6) is 0 Å². The van der Waals surface area contributed by atoms with E-state index in [2.05, 4.69) is 51.7 Å². The van der Waals surface area contributed by atoms with Crippen molar-refractivity contribution < 1.29 is 9.53 Å². The Labute approximate surface area is 210 Å². The molecule has 1 atom stereocenters. The molecule has 1 amide bonds. The van der Waals surface area contributed by atoms with E-state index in [0.29, 0.717) is 19.2 Å². The summed E-state index contributed by atoms with van der Waals surface area (Å²) in [5.41, 5.74) is 2.23. The zero-order valence-corrected chi connectivity index (χ0v) is 22.4. The van der Waals surface area contributed by atoms with Crippen molar-refractivity contribution in [1.82, 2.24) is 20.4 Å². The number of ether oxygens (including phenoxy) is 1. The number of nitrogens with one attached hydrogen (secondary N) is 2. The molecule has 2 N–H and O–H groups in total. The molecule has 1 aromatic carbocycles. The Morgan fingerprint density at radius 1 is 1.25 bits per heavy atom. The summed E-state index contributed by atoms with van der Waals surface area (Å²) in [6, 6.07) is 8.71. The van der Waals surface area contributed by atoms with Crippen molar-refractivity contribution in [2.75, 3.05) is 47.4 Å². The summed E-state index contributed by atoms with van der Waals surface area (Å²) >= 11 is 0. The van der Waals surface area contributed by atoms with Crippen LogP contribution in [0.4, 0.5) is 0 Å². The SMILES string of the molecule is CN=C(NCc1cccc(CN2CCOC(C)C2)c1)NCC1(C(=O)N(C)C)CCCC1.I. The van der Waals surface area contributed by atoms with Gasteiger partial charge in [0.15, 0.2) is 5.96 Å². The molecule has 1 saturated heterocycles. The van der Waals surface area contributed by atoms with Gasteiger partial charge in [0.05, 0.1) is 18.1 Å². The smallest absolute Gasteiger partial charge is 0.230 e. The summed E-state index contributed by atoms with van der Waals surface area (Å²) in [4.78, 5) is 21.3. The average Bonchev–Trinajstić information content (AvgIpc) is 3.23. The van der Waals surface area contributed by atoms with Crippen molar-refractivity contribution in [3.8, 4) is 0 Å². The number of hydrogen-bond acceptors (Lipinski definition) is 4. The van der Waals surface area contributed by atoms with Crippen LogP contribution in [-0.2, 0) is 22.6 Å². The minimum atomic E-state index is -0.309. The van der Waals surface area contributed by atoms with E-state index in [9.17, 15) is 4.79 Å². The van der Waals surface area contributed by atoms with Crippen LogP contribution in [-0.4, -0.2) is 75.2 Å². The lowest BCUT2D eigenvalue weighted by molar-refractivity contribution is -0.138. The van der Waals surface area contributed by atoms with E-state index in [1.165, 1.54) is 11.1 Å². The number of benzene rings is 1. The van der Waals surface area contributed by atoms with Crippen LogP contribution in [0.1, 0.15) is 43.7 Å². The van der Waals surface area contributed by atoms with Crippen LogP contribution in [0.3, 0.4) is 0 Å². The number of amides is 1. The molecule has 32 heavy (non-hydrogen) atoms. The number of hydrogen-bond donors (Lipinski definition) is 2. The Morgan fingerprint density at radius 2 is 1.97 bits per heavy atom. The fourth-order valence-electron chi connectivity index (χ4n) is 4.78. The van der Waals surface area contributed by atoms with E-state index in [4.69, 9.17) is 4.74 Å². The molecule has 2 aliphatic rings. The lowest BCUT2D eigenvalue weighted by Gasteiger charge is -2.31. The minimum Gasteiger partial charge on any atom is -0.376 e. The lowest BCUT2D eigenvalue weighted by Crippen LogP contribution is -2.49. The van der Waals surface area contributed by atoms with Crippen LogP contribution in [0.15, 0.2) is 29.3 Å². The first-order valence-corrected chi connectivity index (χ1v) is 11.5. The van der Waals surface area contributed by atoms with Crippen molar-refractivity contribution in [2.24, 2.45) is 10.4 Å². The van der Waals surface area contributed by atoms with E-state index < -0.39 is 0 Å². The monoisotopic (exact) mass is 557 g/mol. The summed E-state index contributed by atoms with van der Waals surface area (Å²) in [5.74, 6) is 0.961. The van der Waals surface area contributed by atoms with Gasteiger partial charge in [-0.1, -0.05) is 37.1 Å². The average molecular weight is 558 g/mol. The van der Waals surface area contributed by atoms with Crippen LogP contribution in [0.25, 0.3) is 0 Å². The van der Waals surface area contributed by atoms with Gasteiger partial charge in [0.1, 0.15) is 0 Å². The van der Waals surface area contributed by atoms with Gasteiger partial charge in [-0.3, -0.25) is 14.7 Å². The molecule has 7 nitrogen and oxygen atoms in total. The molecule has 180 valence electrons. The normalized spacial score (nSPS) is 21.0. The van der Waals surface area contributed by atoms with Crippen LogP contribution >= 0.6 is 24.0 Å². The van der Waals surface area contributed by atoms with Gasteiger partial charge in [0, 0.05) is 53.9 Å². The van der Waals surface area contributed by atoms with Gasteiger partial charge in [-0.2, -0.15) is 0 Å². The lowest BCUT2D eigenvalue weighted by atomic mass is 9.84. The molecule has 0 spiro atoms. The maximum atomic E-state index is 12.8. The van der Waals surface area contributed by atoms with Gasteiger partial charge in [0.2, 0.25) is 5.91 Å². The summed E-state index contributed by atoms with van der Waals surface area (Å²) in [5, 5.41) is 6.83. The fourth-order valence-corrected chi connectivity index (χ4v) is 4.78. The molecule has 1 aromatic rings. The highest BCUT2D eigenvalue weighted by molar-refractivity contribution is 14.0. The first-order chi connectivity index (χ1) is 14.9.